The summed E-state index contributed by atoms with van der Waals surface area (Å²) in [6.07, 6.45) is 2.14. The van der Waals surface area contributed by atoms with E-state index in [1.807, 2.05) is 18.2 Å². The number of benzene rings is 1. The molecule has 3 heteroatoms. The molecular weight excluding hydrogens is 190 g/mol. The largest absolute Gasteiger partial charge is 0.417 e. The molecule has 0 unspecified atom stereocenters. The molecule has 1 aromatic rings. The van der Waals surface area contributed by atoms with Gasteiger partial charge in [-0.15, -0.1) is 0 Å². The van der Waals surface area contributed by atoms with Gasteiger partial charge in [-0.3, -0.25) is 0 Å². The number of rotatable bonds is 5. The monoisotopic (exact) mass is 208 g/mol. The molecule has 0 aliphatic rings. The molecule has 0 saturated carbocycles. The number of anilines is 1. The number of nitrogens with two attached hydrogens (primary N) is 1. The van der Waals surface area contributed by atoms with Crippen molar-refractivity contribution in [2.75, 3.05) is 12.3 Å². The molecule has 0 aliphatic heterocycles. The lowest BCUT2D eigenvalue weighted by Crippen LogP contribution is -2.09. The highest BCUT2D eigenvalue weighted by Crippen LogP contribution is 2.08. The predicted molar refractivity (Wildman–Crippen MR) is 62.6 cm³/mol. The zero-order valence-corrected chi connectivity index (χ0v) is 9.92. The van der Waals surface area contributed by atoms with Gasteiger partial charge in [-0.25, -0.2) is 0 Å². The molecule has 0 aromatic heterocycles. The lowest BCUT2D eigenvalue weighted by atomic mass is 10.1. The Kier molecular flexibility index (Phi) is 4.69. The molecule has 1 radical (unpaired) electrons. The Hall–Kier alpha value is -0.803. The zero-order valence-electron chi connectivity index (χ0n) is 8.92. The summed E-state index contributed by atoms with van der Waals surface area (Å²) in [4.78, 5) is 0. The second-order valence-corrected chi connectivity index (χ2v) is 5.71. The molecule has 0 fully saturated rings. The van der Waals surface area contributed by atoms with Crippen molar-refractivity contribution in [3.8, 4) is 0 Å². The van der Waals surface area contributed by atoms with Crippen molar-refractivity contribution < 1.29 is 4.43 Å². The summed E-state index contributed by atoms with van der Waals surface area (Å²) < 4.78 is 5.56. The van der Waals surface area contributed by atoms with Gasteiger partial charge in [0.15, 0.2) is 0 Å². The first-order chi connectivity index (χ1) is 6.68. The lowest BCUT2D eigenvalue weighted by molar-refractivity contribution is 0.319. The SMILES string of the molecule is C[Si](C)OCCCc1cccc(N)c1. The highest BCUT2D eigenvalue weighted by molar-refractivity contribution is 6.48. The van der Waals surface area contributed by atoms with E-state index in [-0.39, 0.29) is 0 Å². The van der Waals surface area contributed by atoms with Crippen LogP contribution in [0.3, 0.4) is 0 Å². The first kappa shape index (κ1) is 11.3. The van der Waals surface area contributed by atoms with Crippen LogP contribution in [-0.4, -0.2) is 15.6 Å². The van der Waals surface area contributed by atoms with E-state index in [0.717, 1.165) is 25.1 Å². The smallest absolute Gasteiger partial charge is 0.204 e. The van der Waals surface area contributed by atoms with Crippen LogP contribution < -0.4 is 5.73 Å². The Morgan fingerprint density at radius 2 is 2.14 bits per heavy atom. The third kappa shape index (κ3) is 4.44. The fraction of sp³-hybridized carbons (Fsp3) is 0.455. The molecule has 0 amide bonds. The molecule has 1 aromatic carbocycles. The topological polar surface area (TPSA) is 35.2 Å². The summed E-state index contributed by atoms with van der Waals surface area (Å²) in [7, 11) is -0.521. The molecule has 0 aliphatic carbocycles. The summed E-state index contributed by atoms with van der Waals surface area (Å²) in [5.41, 5.74) is 7.83. The molecule has 2 nitrogen and oxygen atoms in total. The van der Waals surface area contributed by atoms with Gasteiger partial charge >= 0.3 is 0 Å². The van der Waals surface area contributed by atoms with Crippen LogP contribution in [0.25, 0.3) is 0 Å². The molecule has 0 atom stereocenters. The van der Waals surface area contributed by atoms with Crippen LogP contribution in [-0.2, 0) is 10.8 Å². The molecule has 77 valence electrons. The minimum absolute atomic E-state index is 0.521. The Balaban J connectivity index is 2.25. The average Bonchev–Trinajstić information content (AvgIpc) is 2.12. The van der Waals surface area contributed by atoms with Gasteiger partial charge in [0.05, 0.1) is 0 Å². The third-order valence-electron chi connectivity index (χ3n) is 1.95. The maximum absolute atomic E-state index is 5.68. The van der Waals surface area contributed by atoms with E-state index in [1.165, 1.54) is 5.56 Å². The fourth-order valence-corrected chi connectivity index (χ4v) is 1.85. The highest BCUT2D eigenvalue weighted by Gasteiger charge is 1.97. The minimum Gasteiger partial charge on any atom is -0.417 e. The summed E-state index contributed by atoms with van der Waals surface area (Å²) in [5, 5.41) is 0. The van der Waals surface area contributed by atoms with Crippen LogP contribution in [0.5, 0.6) is 0 Å². The highest BCUT2D eigenvalue weighted by atomic mass is 28.3. The van der Waals surface area contributed by atoms with Crippen LogP contribution >= 0.6 is 0 Å². The van der Waals surface area contributed by atoms with E-state index in [2.05, 4.69) is 19.2 Å². The second kappa shape index (κ2) is 5.83. The van der Waals surface area contributed by atoms with E-state index in [9.17, 15) is 0 Å². The zero-order chi connectivity index (χ0) is 10.4. The molecule has 0 spiro atoms. The Labute approximate surface area is 87.8 Å². The number of hydrogen-bond donors (Lipinski definition) is 1. The standard InChI is InChI=1S/C11H18NOSi/c1-14(2)13-8-4-6-10-5-3-7-11(12)9-10/h3,5,7,9H,4,6,8,12H2,1-2H3. The predicted octanol–water partition coefficient (Wildman–Crippen LogP) is 2.47. The molecular formula is C11H18NOSi. The van der Waals surface area contributed by atoms with Gasteiger partial charge in [0.1, 0.15) is 0 Å². The van der Waals surface area contributed by atoms with Crippen molar-refractivity contribution >= 4 is 14.7 Å². The van der Waals surface area contributed by atoms with Crippen molar-refractivity contribution in [2.45, 2.75) is 25.9 Å². The number of hydrogen-bond acceptors (Lipinski definition) is 2. The average molecular weight is 208 g/mol. The molecule has 1 rings (SSSR count). The molecule has 14 heavy (non-hydrogen) atoms. The molecule has 2 N–H and O–H groups in total. The van der Waals surface area contributed by atoms with Gasteiger partial charge in [-0.2, -0.15) is 0 Å². The van der Waals surface area contributed by atoms with Crippen molar-refractivity contribution in [3.63, 3.8) is 0 Å². The summed E-state index contributed by atoms with van der Waals surface area (Å²) in [6.45, 7) is 5.19. The Bertz CT molecular complexity index is 276. The number of aryl methyl sites for hydroxylation is 1. The Morgan fingerprint density at radius 3 is 2.79 bits per heavy atom. The van der Waals surface area contributed by atoms with Gasteiger partial charge in [0.25, 0.3) is 0 Å². The van der Waals surface area contributed by atoms with Crippen molar-refractivity contribution in [1.29, 1.82) is 0 Å². The van der Waals surface area contributed by atoms with E-state index in [1.54, 1.807) is 0 Å². The first-order valence-corrected chi connectivity index (χ1v) is 7.36. The van der Waals surface area contributed by atoms with E-state index in [4.69, 9.17) is 10.2 Å². The maximum Gasteiger partial charge on any atom is 0.204 e. The van der Waals surface area contributed by atoms with Gasteiger partial charge in [-0.1, -0.05) is 12.1 Å². The summed E-state index contributed by atoms with van der Waals surface area (Å²) in [5.74, 6) is 0. The van der Waals surface area contributed by atoms with E-state index < -0.39 is 9.04 Å². The second-order valence-electron chi connectivity index (χ2n) is 3.61. The normalized spacial score (nSPS) is 10.8. The third-order valence-corrected chi connectivity index (χ3v) is 2.73. The van der Waals surface area contributed by atoms with E-state index >= 15 is 0 Å². The van der Waals surface area contributed by atoms with Gasteiger partial charge < -0.3 is 10.2 Å². The van der Waals surface area contributed by atoms with Crippen molar-refractivity contribution in [3.05, 3.63) is 29.8 Å². The van der Waals surface area contributed by atoms with Crippen molar-refractivity contribution in [1.82, 2.24) is 0 Å². The van der Waals surface area contributed by atoms with Gasteiger partial charge in [0.2, 0.25) is 9.04 Å². The quantitative estimate of drug-likeness (QED) is 0.458. The molecule has 0 heterocycles. The van der Waals surface area contributed by atoms with Crippen LogP contribution in [0.2, 0.25) is 13.1 Å². The molecule has 0 saturated heterocycles. The first-order valence-electron chi connectivity index (χ1n) is 4.96. The van der Waals surface area contributed by atoms with Crippen LogP contribution in [0.1, 0.15) is 12.0 Å². The van der Waals surface area contributed by atoms with Gasteiger partial charge in [-0.05, 0) is 43.6 Å². The summed E-state index contributed by atoms with van der Waals surface area (Å²) >= 11 is 0. The Morgan fingerprint density at radius 1 is 1.36 bits per heavy atom. The van der Waals surface area contributed by atoms with E-state index in [0.29, 0.717) is 0 Å². The maximum atomic E-state index is 5.68. The number of nitrogen functional groups attached to an aromatic ring is 1. The van der Waals surface area contributed by atoms with Gasteiger partial charge in [0, 0.05) is 12.3 Å². The van der Waals surface area contributed by atoms with Crippen molar-refractivity contribution in [2.24, 2.45) is 0 Å². The fourth-order valence-electron chi connectivity index (χ4n) is 1.30. The van der Waals surface area contributed by atoms with Crippen LogP contribution in [0.4, 0.5) is 5.69 Å². The minimum atomic E-state index is -0.521. The van der Waals surface area contributed by atoms with Crippen LogP contribution in [0.15, 0.2) is 24.3 Å². The van der Waals surface area contributed by atoms with Crippen LogP contribution in [0, 0.1) is 0 Å². The summed E-state index contributed by atoms with van der Waals surface area (Å²) in [6, 6.07) is 8.06. The molecule has 0 bridgehead atoms. The lowest BCUT2D eigenvalue weighted by Gasteiger charge is -2.06.